The molecule has 0 radical (unpaired) electrons. The maximum atomic E-state index is 10.5. The lowest BCUT2D eigenvalue weighted by atomic mass is 9.85. The van der Waals surface area contributed by atoms with E-state index in [0.29, 0.717) is 11.3 Å². The zero-order chi connectivity index (χ0) is 20.8. The Bertz CT molecular complexity index is 934. The topological polar surface area (TPSA) is 121 Å². The Hall–Kier alpha value is -2.20. The van der Waals surface area contributed by atoms with Gasteiger partial charge in [-0.3, -0.25) is 0 Å². The third kappa shape index (κ3) is 3.26. The summed E-state index contributed by atoms with van der Waals surface area (Å²) in [6, 6.07) is 11.6. The molecule has 3 aliphatic heterocycles. The van der Waals surface area contributed by atoms with E-state index in [9.17, 15) is 20.4 Å². The van der Waals surface area contributed by atoms with Crippen molar-refractivity contribution in [3.8, 4) is 11.5 Å². The molecule has 5 rings (SSSR count). The van der Waals surface area contributed by atoms with Crippen LogP contribution in [0.25, 0.3) is 0 Å². The van der Waals surface area contributed by atoms with Gasteiger partial charge in [0.05, 0.1) is 12.6 Å². The van der Waals surface area contributed by atoms with Crippen molar-refractivity contribution in [3.63, 3.8) is 0 Å². The van der Waals surface area contributed by atoms with Crippen LogP contribution in [0.3, 0.4) is 0 Å². The SMILES string of the molecule is OC[C@H]1O[C@@H](c2ccc3c(c2)[C@H](c2ccc4c(c2)OCO4)NCC3)[C@H](O)[C@@H](O)[C@@H]1O. The van der Waals surface area contributed by atoms with E-state index in [1.54, 1.807) is 0 Å². The minimum atomic E-state index is -1.40. The number of aliphatic hydroxyl groups is 4. The smallest absolute Gasteiger partial charge is 0.231 e. The molecule has 3 heterocycles. The fourth-order valence-electron chi connectivity index (χ4n) is 4.52. The Morgan fingerprint density at radius 1 is 0.900 bits per heavy atom. The molecule has 0 aromatic heterocycles. The third-order valence-corrected chi connectivity index (χ3v) is 6.17. The van der Waals surface area contributed by atoms with Crippen LogP contribution in [0, 0.1) is 0 Å². The van der Waals surface area contributed by atoms with Gasteiger partial charge in [0.1, 0.15) is 30.5 Å². The van der Waals surface area contributed by atoms with Crippen LogP contribution in [-0.4, -0.2) is 64.8 Å². The summed E-state index contributed by atoms with van der Waals surface area (Å²) >= 11 is 0. The highest BCUT2D eigenvalue weighted by atomic mass is 16.7. The van der Waals surface area contributed by atoms with E-state index < -0.39 is 37.1 Å². The molecule has 0 bridgehead atoms. The van der Waals surface area contributed by atoms with Gasteiger partial charge in [-0.15, -0.1) is 0 Å². The Kier molecular flexibility index (Phi) is 5.14. The number of hydrogen-bond acceptors (Lipinski definition) is 8. The molecule has 0 amide bonds. The molecule has 3 aliphatic rings. The lowest BCUT2D eigenvalue weighted by molar-refractivity contribution is -0.231. The second-order valence-electron chi connectivity index (χ2n) is 7.96. The molecule has 1 fully saturated rings. The lowest BCUT2D eigenvalue weighted by Gasteiger charge is -2.40. The second kappa shape index (κ2) is 7.81. The molecule has 8 nitrogen and oxygen atoms in total. The highest BCUT2D eigenvalue weighted by Crippen LogP contribution is 2.39. The molecule has 2 aromatic rings. The average molecular weight is 415 g/mol. The number of aliphatic hydroxyl groups excluding tert-OH is 4. The Labute approximate surface area is 173 Å². The van der Waals surface area contributed by atoms with Crippen LogP contribution in [0.1, 0.15) is 34.4 Å². The Morgan fingerprint density at radius 2 is 1.70 bits per heavy atom. The largest absolute Gasteiger partial charge is 0.454 e. The van der Waals surface area contributed by atoms with Crippen LogP contribution >= 0.6 is 0 Å². The Morgan fingerprint density at radius 3 is 2.53 bits per heavy atom. The molecular weight excluding hydrogens is 390 g/mol. The number of nitrogens with one attached hydrogen (secondary N) is 1. The van der Waals surface area contributed by atoms with E-state index in [4.69, 9.17) is 14.2 Å². The summed E-state index contributed by atoms with van der Waals surface area (Å²) in [4.78, 5) is 0. The number of rotatable bonds is 3. The van der Waals surface area contributed by atoms with Crippen LogP contribution in [0.4, 0.5) is 0 Å². The molecule has 0 unspecified atom stereocenters. The molecule has 2 aromatic carbocycles. The molecule has 0 aliphatic carbocycles. The monoisotopic (exact) mass is 415 g/mol. The van der Waals surface area contributed by atoms with Gasteiger partial charge < -0.3 is 40.0 Å². The first-order valence-electron chi connectivity index (χ1n) is 10.1. The molecule has 0 saturated carbocycles. The van der Waals surface area contributed by atoms with Gasteiger partial charge in [0, 0.05) is 6.54 Å². The summed E-state index contributed by atoms with van der Waals surface area (Å²) in [5.74, 6) is 1.44. The van der Waals surface area contributed by atoms with Gasteiger partial charge in [-0.1, -0.05) is 24.3 Å². The van der Waals surface area contributed by atoms with E-state index in [0.717, 1.165) is 29.8 Å². The van der Waals surface area contributed by atoms with Crippen LogP contribution in [0.5, 0.6) is 11.5 Å². The first-order chi connectivity index (χ1) is 14.6. The zero-order valence-corrected chi connectivity index (χ0v) is 16.3. The zero-order valence-electron chi connectivity index (χ0n) is 16.3. The summed E-state index contributed by atoms with van der Waals surface area (Å²) in [7, 11) is 0. The highest BCUT2D eigenvalue weighted by molar-refractivity contribution is 5.49. The standard InChI is InChI=1S/C22H25NO7/c24-9-17-19(25)20(26)21(27)22(30-17)13-2-1-11-5-6-23-18(14(11)7-13)12-3-4-15-16(8-12)29-10-28-15/h1-4,7-8,17-27H,5-6,9-10H2/t17-,18+,19-,20+,21-,22+/m1/s1. The number of benzene rings is 2. The van der Waals surface area contributed by atoms with E-state index >= 15 is 0 Å². The number of hydrogen-bond donors (Lipinski definition) is 5. The average Bonchev–Trinajstić information content (AvgIpc) is 3.25. The Balaban J connectivity index is 1.50. The van der Waals surface area contributed by atoms with Gasteiger partial charge in [-0.05, 0) is 40.8 Å². The highest BCUT2D eigenvalue weighted by Gasteiger charge is 2.44. The fraction of sp³-hybridized carbons (Fsp3) is 0.455. The predicted octanol–water partition coefficient (Wildman–Crippen LogP) is 0.165. The lowest BCUT2D eigenvalue weighted by Crippen LogP contribution is -2.55. The van der Waals surface area contributed by atoms with Crippen molar-refractivity contribution in [2.24, 2.45) is 0 Å². The van der Waals surface area contributed by atoms with Gasteiger partial charge in [-0.2, -0.15) is 0 Å². The number of fused-ring (bicyclic) bond motifs is 2. The first kappa shape index (κ1) is 19.7. The maximum Gasteiger partial charge on any atom is 0.231 e. The van der Waals surface area contributed by atoms with Crippen LogP contribution in [-0.2, 0) is 11.2 Å². The van der Waals surface area contributed by atoms with E-state index in [-0.39, 0.29) is 12.8 Å². The quantitative estimate of drug-likeness (QED) is 0.481. The summed E-state index contributed by atoms with van der Waals surface area (Å²) in [5, 5.41) is 43.7. The maximum absolute atomic E-state index is 10.5. The van der Waals surface area contributed by atoms with Crippen molar-refractivity contribution in [2.45, 2.75) is 43.0 Å². The molecule has 1 saturated heterocycles. The van der Waals surface area contributed by atoms with Crippen molar-refractivity contribution < 1.29 is 34.6 Å². The van der Waals surface area contributed by atoms with Gasteiger partial charge in [0.15, 0.2) is 11.5 Å². The van der Waals surface area contributed by atoms with Crippen molar-refractivity contribution in [2.75, 3.05) is 19.9 Å². The normalized spacial score (nSPS) is 32.7. The third-order valence-electron chi connectivity index (χ3n) is 6.17. The van der Waals surface area contributed by atoms with Crippen LogP contribution < -0.4 is 14.8 Å². The molecule has 8 heteroatoms. The minimum Gasteiger partial charge on any atom is -0.454 e. The fourth-order valence-corrected chi connectivity index (χ4v) is 4.52. The van der Waals surface area contributed by atoms with E-state index in [1.165, 1.54) is 5.56 Å². The summed E-state index contributed by atoms with van der Waals surface area (Å²) in [6.07, 6.45) is -5.01. The van der Waals surface area contributed by atoms with Crippen molar-refractivity contribution in [1.82, 2.24) is 5.32 Å². The first-order valence-corrected chi connectivity index (χ1v) is 10.1. The molecule has 6 atom stereocenters. The molecule has 30 heavy (non-hydrogen) atoms. The number of ether oxygens (including phenoxy) is 3. The van der Waals surface area contributed by atoms with Gasteiger partial charge in [0.25, 0.3) is 0 Å². The van der Waals surface area contributed by atoms with E-state index in [1.807, 2.05) is 36.4 Å². The van der Waals surface area contributed by atoms with Crippen molar-refractivity contribution in [1.29, 1.82) is 0 Å². The molecule has 5 N–H and O–H groups in total. The molecular formula is C22H25NO7. The van der Waals surface area contributed by atoms with Crippen LogP contribution in [0.15, 0.2) is 36.4 Å². The van der Waals surface area contributed by atoms with Gasteiger partial charge >= 0.3 is 0 Å². The van der Waals surface area contributed by atoms with Crippen molar-refractivity contribution in [3.05, 3.63) is 58.7 Å². The summed E-state index contributed by atoms with van der Waals surface area (Å²) in [5.41, 5.74) is 3.95. The van der Waals surface area contributed by atoms with Gasteiger partial charge in [0.2, 0.25) is 6.79 Å². The van der Waals surface area contributed by atoms with Gasteiger partial charge in [-0.25, -0.2) is 0 Å². The summed E-state index contributed by atoms with van der Waals surface area (Å²) < 4.78 is 16.7. The molecule has 0 spiro atoms. The van der Waals surface area contributed by atoms with E-state index in [2.05, 4.69) is 5.32 Å². The predicted molar refractivity (Wildman–Crippen MR) is 105 cm³/mol. The molecule has 160 valence electrons. The van der Waals surface area contributed by atoms with Crippen molar-refractivity contribution >= 4 is 0 Å². The summed E-state index contributed by atoms with van der Waals surface area (Å²) in [6.45, 7) is 0.591. The van der Waals surface area contributed by atoms with Crippen LogP contribution in [0.2, 0.25) is 0 Å². The second-order valence-corrected chi connectivity index (χ2v) is 7.96. The minimum absolute atomic E-state index is 0.0758.